The Morgan fingerprint density at radius 2 is 2.28 bits per heavy atom. The van der Waals surface area contributed by atoms with Crippen molar-refractivity contribution in [2.75, 3.05) is 20.2 Å². The van der Waals surface area contributed by atoms with E-state index in [9.17, 15) is 0 Å². The van der Waals surface area contributed by atoms with Gasteiger partial charge in [-0.1, -0.05) is 18.0 Å². The molecule has 1 saturated heterocycles. The maximum atomic E-state index is 6.25. The largest absolute Gasteiger partial charge is 0.497 e. The van der Waals surface area contributed by atoms with Gasteiger partial charge in [0.25, 0.3) is 0 Å². The Morgan fingerprint density at radius 1 is 1.44 bits per heavy atom. The number of benzene rings is 1. The molecule has 4 heteroatoms. The van der Waals surface area contributed by atoms with Crippen molar-refractivity contribution in [3.05, 3.63) is 28.8 Å². The summed E-state index contributed by atoms with van der Waals surface area (Å²) in [7, 11) is 1.68. The van der Waals surface area contributed by atoms with Gasteiger partial charge >= 0.3 is 0 Å². The van der Waals surface area contributed by atoms with Crippen LogP contribution in [0.25, 0.3) is 0 Å². The van der Waals surface area contributed by atoms with Gasteiger partial charge < -0.3 is 10.5 Å². The van der Waals surface area contributed by atoms with E-state index in [1.807, 2.05) is 18.2 Å². The van der Waals surface area contributed by atoms with Crippen molar-refractivity contribution in [3.63, 3.8) is 0 Å². The van der Waals surface area contributed by atoms with Crippen LogP contribution in [-0.2, 0) is 6.54 Å². The van der Waals surface area contributed by atoms with E-state index in [0.29, 0.717) is 6.04 Å². The second-order valence-electron chi connectivity index (χ2n) is 4.81. The average Bonchev–Trinajstić information content (AvgIpc) is 2.42. The molecule has 1 aliphatic heterocycles. The molecule has 0 saturated carbocycles. The van der Waals surface area contributed by atoms with Gasteiger partial charge in [0.05, 0.1) is 7.11 Å². The van der Waals surface area contributed by atoms with Gasteiger partial charge in [0.1, 0.15) is 5.75 Å². The number of nitrogens with zero attached hydrogens (tertiary/aromatic N) is 1. The maximum Gasteiger partial charge on any atom is 0.119 e. The first-order valence-corrected chi connectivity index (χ1v) is 6.89. The minimum Gasteiger partial charge on any atom is -0.497 e. The zero-order chi connectivity index (χ0) is 13.0. The van der Waals surface area contributed by atoms with E-state index >= 15 is 0 Å². The Labute approximate surface area is 114 Å². The van der Waals surface area contributed by atoms with E-state index in [4.69, 9.17) is 22.1 Å². The summed E-state index contributed by atoms with van der Waals surface area (Å²) in [6, 6.07) is 6.30. The fourth-order valence-corrected chi connectivity index (χ4v) is 2.73. The van der Waals surface area contributed by atoms with Crippen molar-refractivity contribution in [3.8, 4) is 5.75 Å². The molecule has 0 bridgehead atoms. The van der Waals surface area contributed by atoms with Gasteiger partial charge in [0.15, 0.2) is 0 Å². The van der Waals surface area contributed by atoms with Crippen molar-refractivity contribution in [1.29, 1.82) is 0 Å². The lowest BCUT2D eigenvalue weighted by Gasteiger charge is -2.35. The van der Waals surface area contributed by atoms with Gasteiger partial charge in [-0.3, -0.25) is 4.90 Å². The maximum absolute atomic E-state index is 6.25. The molecule has 1 atom stereocenters. The van der Waals surface area contributed by atoms with Gasteiger partial charge in [-0.05, 0) is 43.1 Å². The minimum absolute atomic E-state index is 0.487. The van der Waals surface area contributed by atoms with Gasteiger partial charge in [-0.2, -0.15) is 0 Å². The lowest BCUT2D eigenvalue weighted by Crippen LogP contribution is -2.43. The van der Waals surface area contributed by atoms with Crippen LogP contribution in [0.4, 0.5) is 0 Å². The molecule has 1 aromatic carbocycles. The molecule has 18 heavy (non-hydrogen) atoms. The Hall–Kier alpha value is -0.770. The van der Waals surface area contributed by atoms with Crippen LogP contribution in [0.1, 0.15) is 24.8 Å². The van der Waals surface area contributed by atoms with Crippen molar-refractivity contribution in [2.45, 2.75) is 31.8 Å². The molecule has 100 valence electrons. The third-order valence-corrected chi connectivity index (χ3v) is 4.02. The second-order valence-corrected chi connectivity index (χ2v) is 5.22. The van der Waals surface area contributed by atoms with Gasteiger partial charge in [0.2, 0.25) is 0 Å². The van der Waals surface area contributed by atoms with E-state index in [1.54, 1.807) is 7.11 Å². The molecule has 2 rings (SSSR count). The van der Waals surface area contributed by atoms with E-state index in [0.717, 1.165) is 36.0 Å². The Balaban J connectivity index is 2.11. The average molecular weight is 269 g/mol. The fraction of sp³-hybridized carbons (Fsp3) is 0.571. The first-order chi connectivity index (χ1) is 8.74. The number of rotatable bonds is 4. The number of nitrogens with two attached hydrogens (primary N) is 1. The molecule has 1 unspecified atom stereocenters. The number of methoxy groups -OCH3 is 1. The van der Waals surface area contributed by atoms with Crippen LogP contribution in [0, 0.1) is 0 Å². The standard InChI is InChI=1S/C14H21ClN2O/c1-18-13-5-6-14(15)11(8-13)10-17-7-3-2-4-12(17)9-16/h5-6,8,12H,2-4,7,9-10,16H2,1H3. The molecule has 2 N–H and O–H groups in total. The Kier molecular flexibility index (Phi) is 4.87. The number of ether oxygens (including phenoxy) is 1. The predicted octanol–water partition coefficient (Wildman–Crippen LogP) is 2.66. The SMILES string of the molecule is COc1ccc(Cl)c(CN2CCCCC2CN)c1. The highest BCUT2D eigenvalue weighted by Gasteiger charge is 2.21. The first kappa shape index (κ1) is 13.7. The summed E-state index contributed by atoms with van der Waals surface area (Å²) in [5.41, 5.74) is 6.96. The van der Waals surface area contributed by atoms with Crippen LogP contribution >= 0.6 is 11.6 Å². The highest BCUT2D eigenvalue weighted by Crippen LogP contribution is 2.26. The summed E-state index contributed by atoms with van der Waals surface area (Å²) < 4.78 is 5.25. The monoisotopic (exact) mass is 268 g/mol. The molecule has 3 nitrogen and oxygen atoms in total. The fourth-order valence-electron chi connectivity index (χ4n) is 2.55. The minimum atomic E-state index is 0.487. The Bertz CT molecular complexity index is 397. The number of halogens is 1. The highest BCUT2D eigenvalue weighted by molar-refractivity contribution is 6.31. The molecule has 0 spiro atoms. The molecule has 0 aromatic heterocycles. The normalized spacial score (nSPS) is 20.9. The summed E-state index contributed by atoms with van der Waals surface area (Å²) in [5.74, 6) is 0.857. The zero-order valence-corrected chi connectivity index (χ0v) is 11.6. The van der Waals surface area contributed by atoms with Crippen LogP contribution in [0.3, 0.4) is 0 Å². The molecule has 0 amide bonds. The number of hydrogen-bond donors (Lipinski definition) is 1. The van der Waals surface area contributed by atoms with Crippen molar-refractivity contribution in [2.24, 2.45) is 5.73 Å². The number of likely N-dealkylation sites (tertiary alicyclic amines) is 1. The lowest BCUT2D eigenvalue weighted by atomic mass is 10.0. The smallest absolute Gasteiger partial charge is 0.119 e. The van der Waals surface area contributed by atoms with Gasteiger partial charge in [-0.25, -0.2) is 0 Å². The summed E-state index contributed by atoms with van der Waals surface area (Å²) in [5, 5.41) is 0.803. The number of piperidine rings is 1. The first-order valence-electron chi connectivity index (χ1n) is 6.51. The van der Waals surface area contributed by atoms with Crippen molar-refractivity contribution >= 4 is 11.6 Å². The van der Waals surface area contributed by atoms with E-state index in [-0.39, 0.29) is 0 Å². The molecule has 1 heterocycles. The van der Waals surface area contributed by atoms with Gasteiger partial charge in [0, 0.05) is 24.2 Å². The third kappa shape index (κ3) is 3.16. The van der Waals surface area contributed by atoms with E-state index < -0.39 is 0 Å². The van der Waals surface area contributed by atoms with Crippen molar-refractivity contribution in [1.82, 2.24) is 4.90 Å². The zero-order valence-electron chi connectivity index (χ0n) is 10.9. The summed E-state index contributed by atoms with van der Waals surface area (Å²) in [6.45, 7) is 2.69. The second kappa shape index (κ2) is 6.41. The predicted molar refractivity (Wildman–Crippen MR) is 75.1 cm³/mol. The molecule has 1 aliphatic rings. The van der Waals surface area contributed by atoms with E-state index in [1.165, 1.54) is 19.3 Å². The molecule has 1 aromatic rings. The molecule has 1 fully saturated rings. The quantitative estimate of drug-likeness (QED) is 0.912. The summed E-state index contributed by atoms with van der Waals surface area (Å²) in [4.78, 5) is 2.43. The van der Waals surface area contributed by atoms with Crippen LogP contribution in [0.5, 0.6) is 5.75 Å². The van der Waals surface area contributed by atoms with Crippen LogP contribution in [0.2, 0.25) is 5.02 Å². The number of hydrogen-bond acceptors (Lipinski definition) is 3. The van der Waals surface area contributed by atoms with Crippen LogP contribution in [0.15, 0.2) is 18.2 Å². The topological polar surface area (TPSA) is 38.5 Å². The summed E-state index contributed by atoms with van der Waals surface area (Å²) >= 11 is 6.25. The molecular formula is C14H21ClN2O. The molecule has 0 radical (unpaired) electrons. The van der Waals surface area contributed by atoms with Crippen LogP contribution < -0.4 is 10.5 Å². The lowest BCUT2D eigenvalue weighted by molar-refractivity contribution is 0.145. The van der Waals surface area contributed by atoms with Gasteiger partial charge in [-0.15, -0.1) is 0 Å². The summed E-state index contributed by atoms with van der Waals surface area (Å²) in [6.07, 6.45) is 3.72. The molecular weight excluding hydrogens is 248 g/mol. The van der Waals surface area contributed by atoms with E-state index in [2.05, 4.69) is 4.90 Å². The third-order valence-electron chi connectivity index (χ3n) is 3.65. The highest BCUT2D eigenvalue weighted by atomic mass is 35.5. The van der Waals surface area contributed by atoms with Crippen molar-refractivity contribution < 1.29 is 4.74 Å². The van der Waals surface area contributed by atoms with Crippen LogP contribution in [-0.4, -0.2) is 31.1 Å². The molecule has 0 aliphatic carbocycles. The Morgan fingerprint density at radius 3 is 3.00 bits per heavy atom.